The monoisotopic (exact) mass is 353 g/mol. The van der Waals surface area contributed by atoms with Crippen LogP contribution >= 0.6 is 0 Å². The molecule has 1 fully saturated rings. The minimum absolute atomic E-state index is 0.104. The van der Waals surface area contributed by atoms with E-state index in [1.165, 1.54) is 6.92 Å². The summed E-state index contributed by atoms with van der Waals surface area (Å²) in [5, 5.41) is 0. The van der Waals surface area contributed by atoms with Crippen molar-refractivity contribution in [2.24, 2.45) is 0 Å². The van der Waals surface area contributed by atoms with E-state index in [9.17, 15) is 14.4 Å². The van der Waals surface area contributed by atoms with Gasteiger partial charge in [0.25, 0.3) is 5.91 Å². The van der Waals surface area contributed by atoms with Gasteiger partial charge in [-0.2, -0.15) is 0 Å². The van der Waals surface area contributed by atoms with Gasteiger partial charge in [0.15, 0.2) is 6.10 Å². The molecule has 0 spiro atoms. The molecular weight excluding hydrogens is 334 g/mol. The second-order valence-electron chi connectivity index (χ2n) is 6.18. The van der Waals surface area contributed by atoms with Crippen molar-refractivity contribution < 1.29 is 23.9 Å². The molecule has 0 unspecified atom stereocenters. The van der Waals surface area contributed by atoms with Crippen LogP contribution < -0.4 is 4.74 Å². The molecule has 0 saturated carbocycles. The predicted octanol–water partition coefficient (Wildman–Crippen LogP) is 2.98. The number of nitrogens with zero attached hydrogens (tertiary/aromatic N) is 1. The molecule has 6 nitrogen and oxygen atoms in total. The quantitative estimate of drug-likeness (QED) is 0.610. The molecule has 1 heterocycles. The predicted molar refractivity (Wildman–Crippen MR) is 93.4 cm³/mol. The molecule has 0 aromatic heterocycles. The van der Waals surface area contributed by atoms with Crippen LogP contribution in [0.15, 0.2) is 48.5 Å². The summed E-state index contributed by atoms with van der Waals surface area (Å²) in [6.45, 7) is 3.36. The summed E-state index contributed by atoms with van der Waals surface area (Å²) in [6.07, 6.45) is -1.11. The lowest BCUT2D eigenvalue weighted by Gasteiger charge is -2.15. The summed E-state index contributed by atoms with van der Waals surface area (Å²) in [4.78, 5) is 36.3. The van der Waals surface area contributed by atoms with Crippen LogP contribution in [0.3, 0.4) is 0 Å². The van der Waals surface area contributed by atoms with Gasteiger partial charge in [-0.15, -0.1) is 0 Å². The number of benzene rings is 2. The zero-order valence-electron chi connectivity index (χ0n) is 14.6. The molecule has 0 bridgehead atoms. The van der Waals surface area contributed by atoms with Gasteiger partial charge in [-0.1, -0.05) is 29.8 Å². The summed E-state index contributed by atoms with van der Waals surface area (Å²) >= 11 is 0. The lowest BCUT2D eigenvalue weighted by molar-refractivity contribution is -0.154. The Hall–Kier alpha value is -3.15. The molecule has 6 heteroatoms. The minimum atomic E-state index is -1.01. The number of rotatable bonds is 5. The Morgan fingerprint density at radius 2 is 1.62 bits per heavy atom. The van der Waals surface area contributed by atoms with E-state index in [1.807, 2.05) is 31.2 Å². The number of hydrogen-bond acceptors (Lipinski definition) is 5. The van der Waals surface area contributed by atoms with E-state index in [4.69, 9.17) is 9.47 Å². The third-order valence-electron chi connectivity index (χ3n) is 4.03. The summed E-state index contributed by atoms with van der Waals surface area (Å²) in [7, 11) is 0. The number of carbonyl (C=O) groups excluding carboxylic acids is 3. The Balaban J connectivity index is 1.64. The molecule has 134 valence electrons. The molecule has 3 rings (SSSR count). The van der Waals surface area contributed by atoms with Crippen LogP contribution in [-0.2, 0) is 25.7 Å². The molecule has 1 aliphatic heterocycles. The van der Waals surface area contributed by atoms with Gasteiger partial charge in [-0.05, 0) is 36.8 Å². The fourth-order valence-electron chi connectivity index (χ4n) is 2.70. The first kappa shape index (κ1) is 17.7. The van der Waals surface area contributed by atoms with Crippen LogP contribution in [0.2, 0.25) is 0 Å². The zero-order chi connectivity index (χ0) is 18.7. The van der Waals surface area contributed by atoms with Crippen molar-refractivity contribution >= 4 is 17.8 Å². The Kier molecular flexibility index (Phi) is 5.02. The highest BCUT2D eigenvalue weighted by Gasteiger charge is 2.40. The number of imide groups is 1. The molecule has 2 aromatic rings. The number of hydrogen-bond donors (Lipinski definition) is 0. The lowest BCUT2D eigenvalue weighted by atomic mass is 10.2. The van der Waals surface area contributed by atoms with Crippen LogP contribution in [-0.4, -0.2) is 28.8 Å². The highest BCUT2D eigenvalue weighted by molar-refractivity contribution is 6.05. The minimum Gasteiger partial charge on any atom is -0.457 e. The Morgan fingerprint density at radius 3 is 2.19 bits per heavy atom. The number of aryl methyl sites for hydroxylation is 1. The van der Waals surface area contributed by atoms with E-state index in [0.29, 0.717) is 5.75 Å². The largest absolute Gasteiger partial charge is 0.457 e. The maximum atomic E-state index is 12.2. The summed E-state index contributed by atoms with van der Waals surface area (Å²) in [5.74, 6) is -0.00559. The standard InChI is InChI=1S/C20H19NO5/c1-13-3-7-16(8-4-13)26-17-9-5-15(6-10-17)12-21-19(23)11-18(20(21)24)25-14(2)22/h3-10,18H,11-12H2,1-2H3/t18-/m0/s1. The van der Waals surface area contributed by atoms with Gasteiger partial charge < -0.3 is 9.47 Å². The summed E-state index contributed by atoms with van der Waals surface area (Å²) < 4.78 is 10.6. The highest BCUT2D eigenvalue weighted by Crippen LogP contribution is 2.24. The first-order valence-corrected chi connectivity index (χ1v) is 8.27. The van der Waals surface area contributed by atoms with Crippen LogP contribution in [0.25, 0.3) is 0 Å². The van der Waals surface area contributed by atoms with Crippen molar-refractivity contribution in [2.75, 3.05) is 0 Å². The van der Waals surface area contributed by atoms with Crippen molar-refractivity contribution in [1.82, 2.24) is 4.90 Å². The molecule has 0 N–H and O–H groups in total. The Labute approximate surface area is 151 Å². The van der Waals surface area contributed by atoms with Crippen molar-refractivity contribution in [3.63, 3.8) is 0 Å². The van der Waals surface area contributed by atoms with Crippen molar-refractivity contribution in [2.45, 2.75) is 32.9 Å². The van der Waals surface area contributed by atoms with E-state index in [2.05, 4.69) is 0 Å². The van der Waals surface area contributed by atoms with Crippen LogP contribution in [0.5, 0.6) is 11.5 Å². The van der Waals surface area contributed by atoms with Crippen LogP contribution in [0, 0.1) is 6.92 Å². The normalized spacial score (nSPS) is 16.7. The first-order valence-electron chi connectivity index (χ1n) is 8.27. The second-order valence-corrected chi connectivity index (χ2v) is 6.18. The molecule has 1 atom stereocenters. The Morgan fingerprint density at radius 1 is 1.04 bits per heavy atom. The topological polar surface area (TPSA) is 72.9 Å². The van der Waals surface area contributed by atoms with Crippen LogP contribution in [0.4, 0.5) is 0 Å². The van der Waals surface area contributed by atoms with Gasteiger partial charge in [-0.3, -0.25) is 19.3 Å². The molecule has 2 aromatic carbocycles. The van der Waals surface area contributed by atoms with Crippen molar-refractivity contribution in [1.29, 1.82) is 0 Å². The van der Waals surface area contributed by atoms with E-state index in [1.54, 1.807) is 24.3 Å². The average Bonchev–Trinajstić information content (AvgIpc) is 2.85. The van der Waals surface area contributed by atoms with E-state index in [0.717, 1.165) is 21.8 Å². The lowest BCUT2D eigenvalue weighted by Crippen LogP contribution is -2.32. The molecule has 0 aliphatic carbocycles. The Bertz CT molecular complexity index is 826. The third-order valence-corrected chi connectivity index (χ3v) is 4.03. The fraction of sp³-hybridized carbons (Fsp3) is 0.250. The van der Waals surface area contributed by atoms with Gasteiger partial charge in [0.1, 0.15) is 11.5 Å². The summed E-state index contributed by atoms with van der Waals surface area (Å²) in [6, 6.07) is 14.9. The van der Waals surface area contributed by atoms with E-state index in [-0.39, 0.29) is 18.9 Å². The number of carbonyl (C=O) groups is 3. The van der Waals surface area contributed by atoms with Gasteiger partial charge in [0.2, 0.25) is 5.91 Å². The third kappa shape index (κ3) is 4.08. The maximum absolute atomic E-state index is 12.2. The number of esters is 1. The number of likely N-dealkylation sites (tertiary alicyclic amines) is 1. The maximum Gasteiger partial charge on any atom is 0.303 e. The number of amides is 2. The van der Waals surface area contributed by atoms with Gasteiger partial charge >= 0.3 is 5.97 Å². The van der Waals surface area contributed by atoms with Gasteiger partial charge in [0, 0.05) is 6.92 Å². The molecule has 26 heavy (non-hydrogen) atoms. The van der Waals surface area contributed by atoms with E-state index < -0.39 is 18.0 Å². The molecular formula is C20H19NO5. The SMILES string of the molecule is CC(=O)O[C@H]1CC(=O)N(Cc2ccc(Oc3ccc(C)cc3)cc2)C1=O. The van der Waals surface area contributed by atoms with Gasteiger partial charge in [0.05, 0.1) is 13.0 Å². The second kappa shape index (κ2) is 7.39. The number of ether oxygens (including phenoxy) is 2. The fourth-order valence-corrected chi connectivity index (χ4v) is 2.70. The molecule has 1 saturated heterocycles. The van der Waals surface area contributed by atoms with Crippen LogP contribution in [0.1, 0.15) is 24.5 Å². The molecule has 1 aliphatic rings. The van der Waals surface area contributed by atoms with Gasteiger partial charge in [-0.25, -0.2) is 0 Å². The average molecular weight is 353 g/mol. The van der Waals surface area contributed by atoms with Crippen molar-refractivity contribution in [3.8, 4) is 11.5 Å². The summed E-state index contributed by atoms with van der Waals surface area (Å²) in [5.41, 5.74) is 1.94. The molecule has 2 amide bonds. The van der Waals surface area contributed by atoms with E-state index >= 15 is 0 Å². The smallest absolute Gasteiger partial charge is 0.303 e. The first-order chi connectivity index (χ1) is 12.4. The highest BCUT2D eigenvalue weighted by atomic mass is 16.5. The van der Waals surface area contributed by atoms with Crippen molar-refractivity contribution in [3.05, 3.63) is 59.7 Å². The molecule has 0 radical (unpaired) electrons. The zero-order valence-corrected chi connectivity index (χ0v) is 14.6.